The molecule has 31 heavy (non-hydrogen) atoms. The van der Waals surface area contributed by atoms with E-state index in [2.05, 4.69) is 50.0 Å². The highest BCUT2D eigenvalue weighted by molar-refractivity contribution is 6.74. The Morgan fingerprint density at radius 1 is 1.26 bits per heavy atom. The first-order valence-electron chi connectivity index (χ1n) is 10.5. The average molecular weight is 446 g/mol. The summed E-state index contributed by atoms with van der Waals surface area (Å²) in [5.74, 6) is -0.482. The highest BCUT2D eigenvalue weighted by atomic mass is 28.4. The van der Waals surface area contributed by atoms with Gasteiger partial charge in [0.15, 0.2) is 19.9 Å². The average Bonchev–Trinajstić information content (AvgIpc) is 3.30. The molecule has 2 saturated heterocycles. The van der Waals surface area contributed by atoms with Crippen LogP contribution in [0.4, 0.5) is 5.82 Å². The number of hydrogen-bond acceptors (Lipinski definition) is 8. The minimum Gasteiger partial charge on any atom is -0.413 e. The summed E-state index contributed by atoms with van der Waals surface area (Å²) < 4.78 is 26.9. The molecule has 9 nitrogen and oxygen atoms in total. The molecule has 4 rings (SSSR count). The monoisotopic (exact) mass is 445 g/mol. The van der Waals surface area contributed by atoms with Crippen LogP contribution in [0.1, 0.15) is 46.4 Å². The van der Waals surface area contributed by atoms with E-state index in [1.807, 2.05) is 26.0 Å². The lowest BCUT2D eigenvalue weighted by Crippen LogP contribution is -2.51. The second-order valence-electron chi connectivity index (χ2n) is 10.3. The van der Waals surface area contributed by atoms with Crippen LogP contribution in [0.15, 0.2) is 18.5 Å². The number of hydrogen-bond donors (Lipinski definition) is 1. The molecule has 10 heteroatoms. The van der Waals surface area contributed by atoms with E-state index >= 15 is 0 Å². The molecule has 4 atom stereocenters. The number of aromatic nitrogens is 3. The van der Waals surface area contributed by atoms with E-state index in [0.717, 1.165) is 5.69 Å². The summed E-state index contributed by atoms with van der Waals surface area (Å²) in [4.78, 5) is 4.04. The van der Waals surface area contributed by atoms with Crippen molar-refractivity contribution in [2.45, 2.75) is 82.5 Å². The Kier molecular flexibility index (Phi) is 4.99. The molecule has 4 heterocycles. The third kappa shape index (κ3) is 3.54. The lowest BCUT2D eigenvalue weighted by molar-refractivity contribution is -0.204. The maximum Gasteiger partial charge on any atom is 0.205 e. The lowest BCUT2D eigenvalue weighted by Gasteiger charge is -2.39. The first kappa shape index (κ1) is 22.2. The van der Waals surface area contributed by atoms with Crippen LogP contribution in [0.2, 0.25) is 18.1 Å². The van der Waals surface area contributed by atoms with Crippen LogP contribution in [-0.2, 0) is 18.6 Å². The van der Waals surface area contributed by atoms with Gasteiger partial charge in [-0.3, -0.25) is 0 Å². The first-order valence-corrected chi connectivity index (χ1v) is 13.4. The Morgan fingerprint density at radius 2 is 1.97 bits per heavy atom. The van der Waals surface area contributed by atoms with Crippen molar-refractivity contribution in [2.24, 2.45) is 0 Å². The highest BCUT2D eigenvalue weighted by Gasteiger charge is 2.65. The highest BCUT2D eigenvalue weighted by Crippen LogP contribution is 2.50. The number of nitriles is 1. The van der Waals surface area contributed by atoms with Gasteiger partial charge in [-0.2, -0.15) is 10.4 Å². The molecule has 0 saturated carbocycles. The molecular weight excluding hydrogens is 414 g/mol. The fourth-order valence-corrected chi connectivity index (χ4v) is 4.90. The smallest absolute Gasteiger partial charge is 0.205 e. The van der Waals surface area contributed by atoms with Crippen molar-refractivity contribution in [3.05, 3.63) is 24.2 Å². The maximum absolute atomic E-state index is 10.3. The number of ether oxygens (including phenoxy) is 3. The number of nitrogens with two attached hydrogens (primary N) is 1. The summed E-state index contributed by atoms with van der Waals surface area (Å²) in [6.07, 6.45) is -0.281. The van der Waals surface area contributed by atoms with Gasteiger partial charge in [-0.15, -0.1) is 0 Å². The van der Waals surface area contributed by atoms with Gasteiger partial charge in [0.2, 0.25) is 5.60 Å². The summed E-state index contributed by atoms with van der Waals surface area (Å²) in [6.45, 7) is 14.6. The van der Waals surface area contributed by atoms with Gasteiger partial charge in [-0.25, -0.2) is 9.50 Å². The molecule has 0 aromatic carbocycles. The third-order valence-corrected chi connectivity index (χ3v) is 11.1. The molecule has 0 aliphatic carbocycles. The Hall–Kier alpha value is -2.03. The zero-order chi connectivity index (χ0) is 22.8. The van der Waals surface area contributed by atoms with Gasteiger partial charge in [0.1, 0.15) is 36.2 Å². The first-order chi connectivity index (χ1) is 14.3. The van der Waals surface area contributed by atoms with Gasteiger partial charge in [0.05, 0.1) is 12.3 Å². The zero-order valence-corrected chi connectivity index (χ0v) is 20.2. The van der Waals surface area contributed by atoms with E-state index in [1.54, 1.807) is 4.52 Å². The van der Waals surface area contributed by atoms with Crippen LogP contribution < -0.4 is 5.73 Å². The van der Waals surface area contributed by atoms with Crippen molar-refractivity contribution in [1.29, 1.82) is 5.26 Å². The molecule has 0 unspecified atom stereocenters. The molecule has 2 aromatic heterocycles. The van der Waals surface area contributed by atoms with Crippen LogP contribution in [0.25, 0.3) is 5.52 Å². The summed E-state index contributed by atoms with van der Waals surface area (Å²) in [5, 5.41) is 14.6. The standard InChI is InChI=1S/C21H31N5O4Si/c1-19(2,3)31(6,7)27-11-21(10-22)17-16(28-20(4,5)30-17)15(29-21)13-8-9-14-18(23)24-12-25-26(13)14/h8-9,12,15-17H,11H2,1-7H3,(H2,23,24,25)/t15-,16-,17-,21+/m0/s1. The van der Waals surface area contributed by atoms with E-state index < -0.39 is 38.0 Å². The van der Waals surface area contributed by atoms with Gasteiger partial charge in [0.25, 0.3) is 0 Å². The zero-order valence-electron chi connectivity index (χ0n) is 19.2. The van der Waals surface area contributed by atoms with Gasteiger partial charge >= 0.3 is 0 Å². The van der Waals surface area contributed by atoms with Crippen LogP contribution in [0, 0.1) is 11.3 Å². The second kappa shape index (κ2) is 6.98. The number of nitrogens with zero attached hydrogens (tertiary/aromatic N) is 4. The van der Waals surface area contributed by atoms with Crippen molar-refractivity contribution in [3.63, 3.8) is 0 Å². The molecule has 168 valence electrons. The Labute approximate surface area is 183 Å². The van der Waals surface area contributed by atoms with Crippen molar-refractivity contribution >= 4 is 19.7 Å². The van der Waals surface area contributed by atoms with Crippen molar-refractivity contribution in [1.82, 2.24) is 14.6 Å². The molecule has 2 fully saturated rings. The third-order valence-electron chi connectivity index (χ3n) is 6.67. The fraction of sp³-hybridized carbons (Fsp3) is 0.667. The van der Waals surface area contributed by atoms with Gasteiger partial charge in [-0.05, 0) is 44.1 Å². The minimum atomic E-state index is -2.12. The van der Waals surface area contributed by atoms with Crippen molar-refractivity contribution in [3.8, 4) is 6.07 Å². The van der Waals surface area contributed by atoms with Crippen molar-refractivity contribution < 1.29 is 18.6 Å². The molecule has 2 N–H and O–H groups in total. The molecule has 2 aromatic rings. The van der Waals surface area contributed by atoms with Gasteiger partial charge in [0, 0.05) is 0 Å². The fourth-order valence-electron chi connectivity index (χ4n) is 3.89. The molecule has 0 amide bonds. The van der Waals surface area contributed by atoms with E-state index in [9.17, 15) is 5.26 Å². The summed E-state index contributed by atoms with van der Waals surface area (Å²) in [5.41, 5.74) is 6.09. The predicted octanol–water partition coefficient (Wildman–Crippen LogP) is 3.19. The predicted molar refractivity (Wildman–Crippen MR) is 117 cm³/mol. The minimum absolute atomic E-state index is 0.000461. The Bertz CT molecular complexity index is 1040. The number of fused-ring (bicyclic) bond motifs is 2. The Morgan fingerprint density at radius 3 is 2.61 bits per heavy atom. The molecule has 0 bridgehead atoms. The van der Waals surface area contributed by atoms with E-state index in [1.165, 1.54) is 6.33 Å². The van der Waals surface area contributed by atoms with E-state index in [0.29, 0.717) is 11.3 Å². The van der Waals surface area contributed by atoms with Crippen molar-refractivity contribution in [2.75, 3.05) is 12.3 Å². The lowest BCUT2D eigenvalue weighted by atomic mass is 9.96. The summed E-state index contributed by atoms with van der Waals surface area (Å²) in [7, 11) is -2.12. The van der Waals surface area contributed by atoms with Crippen LogP contribution in [0.3, 0.4) is 0 Å². The molecule has 0 radical (unpaired) electrons. The largest absolute Gasteiger partial charge is 0.413 e. The molecule has 2 aliphatic heterocycles. The topological polar surface area (TPSA) is 117 Å². The van der Waals surface area contributed by atoms with Gasteiger partial charge in [-0.1, -0.05) is 20.8 Å². The SMILES string of the molecule is CC1(C)O[C@H]2[C@H](c3ccc4c(N)ncnn34)O[C@](C#N)(CO[Si](C)(C)C(C)(C)C)[C@H]2O1. The molecule has 0 spiro atoms. The second-order valence-corrected chi connectivity index (χ2v) is 15.1. The van der Waals surface area contributed by atoms with E-state index in [4.69, 9.17) is 24.4 Å². The molecule has 2 aliphatic rings. The van der Waals surface area contributed by atoms with E-state index in [-0.39, 0.29) is 11.6 Å². The maximum atomic E-state index is 10.3. The summed E-state index contributed by atoms with van der Waals surface area (Å²) in [6, 6.07) is 6.08. The number of rotatable bonds is 4. The molecular formula is C21H31N5O4Si. The number of anilines is 1. The van der Waals surface area contributed by atoms with Crippen LogP contribution in [-0.4, -0.2) is 53.1 Å². The summed E-state index contributed by atoms with van der Waals surface area (Å²) >= 11 is 0. The van der Waals surface area contributed by atoms with Gasteiger partial charge < -0.3 is 24.4 Å². The van der Waals surface area contributed by atoms with Crippen LogP contribution >= 0.6 is 0 Å². The Balaban J connectivity index is 1.73. The van der Waals surface area contributed by atoms with Crippen LogP contribution in [0.5, 0.6) is 0 Å². The normalized spacial score (nSPS) is 30.5. The quantitative estimate of drug-likeness (QED) is 0.713. The number of nitrogen functional groups attached to an aromatic ring is 1.